The van der Waals surface area contributed by atoms with Crippen LogP contribution in [0.15, 0.2) is 108 Å². The highest BCUT2D eigenvalue weighted by atomic mass is 16.7. The van der Waals surface area contributed by atoms with Crippen molar-refractivity contribution in [2.75, 3.05) is 13.2 Å². The van der Waals surface area contributed by atoms with Crippen molar-refractivity contribution in [2.45, 2.75) is 322 Å². The van der Waals surface area contributed by atoms with Gasteiger partial charge in [0.25, 0.3) is 0 Å². The third-order valence-corrected chi connectivity index (χ3v) is 27.0. The van der Waals surface area contributed by atoms with Crippen molar-refractivity contribution in [1.82, 2.24) is 10.6 Å². The highest BCUT2D eigenvalue weighted by Gasteiger charge is 2.81. The van der Waals surface area contributed by atoms with Crippen molar-refractivity contribution in [1.29, 1.82) is 0 Å². The maximum atomic E-state index is 14.4. The van der Waals surface area contributed by atoms with Crippen molar-refractivity contribution < 1.29 is 125 Å². The van der Waals surface area contributed by atoms with E-state index in [4.69, 9.17) is 66.3 Å². The van der Waals surface area contributed by atoms with Gasteiger partial charge in [0, 0.05) is 73.0 Å². The topological polar surface area (TPSA) is 371 Å². The van der Waals surface area contributed by atoms with Crippen LogP contribution in [0.25, 0.3) is 0 Å². The molecule has 26 atom stereocenters. The molecule has 0 radical (unpaired) electrons. The summed E-state index contributed by atoms with van der Waals surface area (Å²) in [6.07, 6.45) is -12.4. The first-order valence-electron chi connectivity index (χ1n) is 41.5. The fourth-order valence-corrected chi connectivity index (χ4v) is 22.0. The van der Waals surface area contributed by atoms with Gasteiger partial charge in [-0.25, -0.2) is 28.8 Å². The fraction of sp³-hybridized carbons (Fsp3) is 0.689. The molecule has 4 heterocycles. The van der Waals surface area contributed by atoms with Gasteiger partial charge in [-0.15, -0.1) is 0 Å². The van der Waals surface area contributed by atoms with E-state index in [-0.39, 0.29) is 61.9 Å². The third kappa shape index (κ3) is 16.4. The first-order valence-corrected chi connectivity index (χ1v) is 41.5. The van der Waals surface area contributed by atoms with Crippen molar-refractivity contribution >= 4 is 48.0 Å². The van der Waals surface area contributed by atoms with Crippen LogP contribution in [-0.4, -0.2) is 213 Å². The summed E-state index contributed by atoms with van der Waals surface area (Å²) in [5.74, 6) is -7.71. The summed E-state index contributed by atoms with van der Waals surface area (Å²) in [7, 11) is 0. The van der Waals surface area contributed by atoms with Crippen molar-refractivity contribution in [2.24, 2.45) is 57.2 Å². The number of alkyl carbamates (subject to hydrolysis) is 2. The molecule has 4 saturated heterocycles. The minimum Gasteiger partial charge on any atom is -0.456 e. The first-order chi connectivity index (χ1) is 54.8. The molecule has 12 rings (SSSR count). The summed E-state index contributed by atoms with van der Waals surface area (Å²) >= 11 is 0. The number of hydrogen-bond donors (Lipinski definition) is 6. The van der Waals surface area contributed by atoms with Gasteiger partial charge in [0.05, 0.1) is 72.7 Å². The molecule has 6 N–H and O–H groups in total. The van der Waals surface area contributed by atoms with Gasteiger partial charge in [0.2, 0.25) is 0 Å². The zero-order valence-electron chi connectivity index (χ0n) is 72.5. The predicted molar refractivity (Wildman–Crippen MR) is 427 cm³/mol. The van der Waals surface area contributed by atoms with Gasteiger partial charge in [-0.3, -0.25) is 9.59 Å². The maximum Gasteiger partial charge on any atom is 0.407 e. The van der Waals surface area contributed by atoms with Gasteiger partial charge < -0.3 is 97.4 Å². The number of rotatable bonds is 20. The number of amides is 2. The summed E-state index contributed by atoms with van der Waals surface area (Å²) in [6, 6.07) is 14.6. The number of aliphatic hydroxyl groups excluding tert-OH is 2. The second kappa shape index (κ2) is 33.3. The smallest absolute Gasteiger partial charge is 0.407 e. The Bertz CT molecular complexity index is 3940. The van der Waals surface area contributed by atoms with Crippen molar-refractivity contribution in [3.63, 3.8) is 0 Å². The van der Waals surface area contributed by atoms with Crippen molar-refractivity contribution in [3.8, 4) is 0 Å². The van der Waals surface area contributed by atoms with E-state index >= 15 is 0 Å². The molecule has 4 aliphatic heterocycles. The highest BCUT2D eigenvalue weighted by Crippen LogP contribution is 2.71. The number of hydrogen-bond acceptors (Lipinski definition) is 26. The number of fused-ring (bicyclic) bond motifs is 8. The zero-order valence-corrected chi connectivity index (χ0v) is 72.5. The number of esters is 6. The van der Waals surface area contributed by atoms with Crippen LogP contribution in [0.5, 0.6) is 0 Å². The predicted octanol–water partition coefficient (Wildman–Crippen LogP) is 11.1. The lowest BCUT2D eigenvalue weighted by Crippen LogP contribution is -2.83. The number of nitrogens with one attached hydrogen (secondary N) is 2. The van der Waals surface area contributed by atoms with E-state index in [9.17, 15) is 58.8 Å². The molecule has 28 nitrogen and oxygen atoms in total. The number of carbonyl (C=O) groups is 8. The molecule has 2 unspecified atom stereocenters. The summed E-state index contributed by atoms with van der Waals surface area (Å²) in [5, 5.41) is 56.0. The van der Waals surface area contributed by atoms with Gasteiger partial charge in [-0.05, 0) is 128 Å². The van der Waals surface area contributed by atoms with Crippen LogP contribution in [0.3, 0.4) is 0 Å². The van der Waals surface area contributed by atoms with Gasteiger partial charge in [-0.1, -0.05) is 144 Å². The van der Waals surface area contributed by atoms with Crippen LogP contribution in [-0.2, 0) is 85.5 Å². The molecule has 8 fully saturated rings. The van der Waals surface area contributed by atoms with E-state index in [0.717, 1.165) is 0 Å². The third-order valence-electron chi connectivity index (χ3n) is 27.0. The number of ether oxygens (including phenoxy) is 14. The average molecular weight is 1650 g/mol. The minimum atomic E-state index is -2.02. The summed E-state index contributed by atoms with van der Waals surface area (Å²) in [4.78, 5) is 109. The van der Waals surface area contributed by atoms with E-state index < -0.39 is 225 Å². The summed E-state index contributed by atoms with van der Waals surface area (Å²) in [5.41, 5.74) is -9.92. The Morgan fingerprint density at radius 3 is 1.14 bits per heavy atom. The number of aliphatic hydroxyl groups is 4. The monoisotopic (exact) mass is 1650 g/mol. The molecule has 28 heteroatoms. The largest absolute Gasteiger partial charge is 0.456 e. The average Bonchev–Trinajstić information content (AvgIpc) is 0.667. The van der Waals surface area contributed by atoms with Crippen LogP contribution in [0, 0.1) is 57.2 Å². The lowest BCUT2D eigenvalue weighted by atomic mass is 9.43. The molecule has 2 amide bonds. The molecular weight excluding hydrogens is 1520 g/mol. The Balaban J connectivity index is 0.000000231. The second-order valence-electron chi connectivity index (χ2n) is 38.6. The molecule has 4 bridgehead atoms. The van der Waals surface area contributed by atoms with E-state index in [0.29, 0.717) is 35.1 Å². The molecule has 652 valence electrons. The quantitative estimate of drug-likeness (QED) is 0.0407. The molecule has 2 aromatic rings. The molecule has 0 aromatic heterocycles. The standard InChI is InChI=1S/2C45H63NO13/c2*1-13-32-55-30-20-31-44(22-53-31,58-26(6)47)35-37(57-38(49)27-17-15-14-16-18-27)45(52)21-29(24(4)33(42(45,10)11)25(5)36(56-32)43(30,35)12)54-39(50)34(48)28(19-23(2)3)46-40(51)59-41(7,8)9/h2*13-18,23,25,28-32,34-37,48,52H,1,19-22H2,2-12H3,(H,46,51)/t25-,28-,29-,30?,31+,32+,34-,35-,36-,37-,43+,44-,45+;25-,28-,29-,30?,31+,32-,34-,35-,36-,37-,43+,44-,45+/m00/s1. The van der Waals surface area contributed by atoms with Crippen LogP contribution in [0.2, 0.25) is 0 Å². The minimum absolute atomic E-state index is 0.0405. The molecule has 4 saturated carbocycles. The van der Waals surface area contributed by atoms with E-state index in [1.165, 1.54) is 13.8 Å². The Kier molecular flexibility index (Phi) is 25.7. The van der Waals surface area contributed by atoms with Crippen LogP contribution >= 0.6 is 0 Å². The highest BCUT2D eigenvalue weighted by molar-refractivity contribution is 5.90. The maximum absolute atomic E-state index is 14.4. The summed E-state index contributed by atoms with van der Waals surface area (Å²) < 4.78 is 88.3. The van der Waals surface area contributed by atoms with Crippen LogP contribution < -0.4 is 10.6 Å². The fourth-order valence-electron chi connectivity index (χ4n) is 22.0. The van der Waals surface area contributed by atoms with E-state index in [1.54, 1.807) is 114 Å². The normalized spacial score (nSPS) is 36.8. The van der Waals surface area contributed by atoms with E-state index in [2.05, 4.69) is 23.8 Å². The SMILES string of the molecule is C=C[C@@H]1OC2C[C@H]3OC[C@@]3(OC(C)=O)[C@H]3[C@H](OC(=O)c4ccccc4)[C@]4(O)C[C@H](OC(=O)[C@@H](O)[C@H](CC(C)C)NC(=O)OC(C)(C)C)C(C)=C([C@H](C)[C@H](O1)[C@]23C)C4(C)C.C=C[C@H]1OC2C[C@H]3OC[C@@]3(OC(C)=O)[C@H]3[C@H](OC(=O)c4ccccc4)[C@]4(O)C[C@H](OC(=O)[C@@H](O)[C@H](CC(C)C)NC(=O)OC(C)(C)C)C(C)=C([C@H](C)[C@H](O1)[C@]23C)C4(C)C. The number of carbonyl (C=O) groups excluding carboxylic acids is 8. The summed E-state index contributed by atoms with van der Waals surface area (Å²) in [6.45, 7) is 47.3. The Morgan fingerprint density at radius 1 is 0.525 bits per heavy atom. The molecule has 6 aliphatic carbocycles. The van der Waals surface area contributed by atoms with Crippen LogP contribution in [0.1, 0.15) is 212 Å². The van der Waals surface area contributed by atoms with Gasteiger partial charge >= 0.3 is 48.0 Å². The van der Waals surface area contributed by atoms with Crippen molar-refractivity contribution in [3.05, 3.63) is 119 Å². The van der Waals surface area contributed by atoms with E-state index in [1.807, 2.05) is 96.9 Å². The second-order valence-corrected chi connectivity index (χ2v) is 38.6. The Labute approximate surface area is 692 Å². The van der Waals surface area contributed by atoms with Gasteiger partial charge in [0.1, 0.15) is 59.0 Å². The molecule has 2 aromatic carbocycles. The molecule has 0 spiro atoms. The lowest BCUT2D eigenvalue weighted by molar-refractivity contribution is -0.403. The number of benzene rings is 2. The zero-order chi connectivity index (χ0) is 87.2. The Morgan fingerprint density at radius 2 is 0.856 bits per heavy atom. The Hall–Kier alpha value is -7.64. The van der Waals surface area contributed by atoms with Crippen LogP contribution in [0.4, 0.5) is 9.59 Å². The molecule has 118 heavy (non-hydrogen) atoms. The first kappa shape index (κ1) is 91.1. The molecular formula is C90H126N2O26. The molecule has 10 aliphatic rings. The van der Waals surface area contributed by atoms with Gasteiger partial charge in [-0.2, -0.15) is 0 Å². The van der Waals surface area contributed by atoms with Gasteiger partial charge in [0.15, 0.2) is 36.0 Å². The lowest BCUT2D eigenvalue weighted by Gasteiger charge is -2.71.